The molecule has 2 nitrogen and oxygen atoms in total. The topological polar surface area (TPSA) is 26.3 Å². The third-order valence-corrected chi connectivity index (χ3v) is 5.40. The van der Waals surface area contributed by atoms with Crippen molar-refractivity contribution in [3.05, 3.63) is 105 Å². The number of Topliss-reactive ketones (excluding diaryl/α,β-unsaturated/α-hetero) is 1. The molecule has 0 spiro atoms. The summed E-state index contributed by atoms with van der Waals surface area (Å²) in [6.07, 6.45) is 1.78. The highest BCUT2D eigenvalue weighted by Gasteiger charge is 2.14. The fourth-order valence-corrected chi connectivity index (χ4v) is 3.62. The van der Waals surface area contributed by atoms with E-state index >= 15 is 0 Å². The van der Waals surface area contributed by atoms with Crippen molar-refractivity contribution in [3.63, 3.8) is 0 Å². The van der Waals surface area contributed by atoms with Gasteiger partial charge in [0.2, 0.25) is 0 Å². The number of ketones is 1. The summed E-state index contributed by atoms with van der Waals surface area (Å²) in [7, 11) is 1.62. The van der Waals surface area contributed by atoms with Crippen LogP contribution in [0.25, 0.3) is 6.08 Å². The van der Waals surface area contributed by atoms with Crippen molar-refractivity contribution in [3.8, 4) is 5.75 Å². The quantitative estimate of drug-likeness (QED) is 0.321. The van der Waals surface area contributed by atoms with E-state index in [9.17, 15) is 9.18 Å². The Bertz CT molecular complexity index is 965. The van der Waals surface area contributed by atoms with E-state index < -0.39 is 0 Å². The van der Waals surface area contributed by atoms with Crippen LogP contribution in [0.2, 0.25) is 5.02 Å². The monoisotopic (exact) mass is 412 g/mol. The zero-order chi connectivity index (χ0) is 19.9. The molecule has 142 valence electrons. The zero-order valence-corrected chi connectivity index (χ0v) is 16.8. The highest BCUT2D eigenvalue weighted by Crippen LogP contribution is 2.28. The molecule has 0 bridgehead atoms. The fraction of sp³-hybridized carbons (Fsp3) is 0.0870. The summed E-state index contributed by atoms with van der Waals surface area (Å²) in [6, 6.07) is 20.6. The summed E-state index contributed by atoms with van der Waals surface area (Å²) in [4.78, 5) is 13.6. The lowest BCUT2D eigenvalue weighted by Gasteiger charge is -2.09. The molecule has 0 aliphatic rings. The molecule has 3 aromatic carbocycles. The molecule has 0 fully saturated rings. The Morgan fingerprint density at radius 3 is 2.25 bits per heavy atom. The number of methoxy groups -OCH3 is 1. The lowest BCUT2D eigenvalue weighted by atomic mass is 10.1. The van der Waals surface area contributed by atoms with Gasteiger partial charge >= 0.3 is 0 Å². The van der Waals surface area contributed by atoms with Gasteiger partial charge in [0.15, 0.2) is 5.78 Å². The van der Waals surface area contributed by atoms with E-state index in [1.807, 2.05) is 24.3 Å². The molecule has 0 unspecified atom stereocenters. The SMILES string of the molecule is COc1ccc(CS/C(=C/c2ccc(F)cc2)C(=O)c2ccc(Cl)cc2)cc1. The lowest BCUT2D eigenvalue weighted by molar-refractivity contribution is 0.104. The predicted octanol–water partition coefficient (Wildman–Crippen LogP) is 6.64. The minimum absolute atomic E-state index is 0.0977. The lowest BCUT2D eigenvalue weighted by Crippen LogP contribution is -2.01. The van der Waals surface area contributed by atoms with Gasteiger partial charge in [-0.2, -0.15) is 0 Å². The summed E-state index contributed by atoms with van der Waals surface area (Å²) in [5.41, 5.74) is 2.39. The Balaban J connectivity index is 1.85. The Hall–Kier alpha value is -2.56. The molecule has 0 aliphatic heterocycles. The van der Waals surface area contributed by atoms with Crippen molar-refractivity contribution in [1.82, 2.24) is 0 Å². The number of thioether (sulfide) groups is 1. The number of halogens is 2. The van der Waals surface area contributed by atoms with Gasteiger partial charge in [0.25, 0.3) is 0 Å². The van der Waals surface area contributed by atoms with Crippen LogP contribution in [0.3, 0.4) is 0 Å². The van der Waals surface area contributed by atoms with E-state index in [-0.39, 0.29) is 11.6 Å². The minimum Gasteiger partial charge on any atom is -0.497 e. The van der Waals surface area contributed by atoms with Crippen LogP contribution in [0.5, 0.6) is 5.75 Å². The molecule has 0 saturated heterocycles. The molecule has 0 saturated carbocycles. The first-order chi connectivity index (χ1) is 13.5. The molecule has 0 aliphatic carbocycles. The standard InChI is InChI=1S/C23H18ClFO2S/c1-27-21-12-4-17(5-13-21)15-28-22(14-16-2-10-20(25)11-3-16)23(26)18-6-8-19(24)9-7-18/h2-14H,15H2,1H3/b22-14+. The van der Waals surface area contributed by atoms with Crippen molar-refractivity contribution in [2.75, 3.05) is 7.11 Å². The number of hydrogen-bond donors (Lipinski definition) is 0. The van der Waals surface area contributed by atoms with Crippen LogP contribution in [0.4, 0.5) is 4.39 Å². The summed E-state index contributed by atoms with van der Waals surface area (Å²) >= 11 is 7.37. The number of hydrogen-bond acceptors (Lipinski definition) is 3. The van der Waals surface area contributed by atoms with Crippen molar-refractivity contribution in [2.45, 2.75) is 5.75 Å². The summed E-state index contributed by atoms with van der Waals surface area (Å²) in [5, 5.41) is 0.575. The molecule has 5 heteroatoms. The number of carbonyl (C=O) groups excluding carboxylic acids is 1. The van der Waals surface area contributed by atoms with Crippen LogP contribution < -0.4 is 4.74 Å². The van der Waals surface area contributed by atoms with Crippen LogP contribution in [-0.2, 0) is 5.75 Å². The van der Waals surface area contributed by atoms with E-state index in [0.29, 0.717) is 21.2 Å². The van der Waals surface area contributed by atoms with Gasteiger partial charge in [-0.05, 0) is 65.7 Å². The maximum atomic E-state index is 13.2. The van der Waals surface area contributed by atoms with Crippen molar-refractivity contribution in [2.24, 2.45) is 0 Å². The first kappa shape index (κ1) is 20.2. The van der Waals surface area contributed by atoms with Gasteiger partial charge in [0.1, 0.15) is 11.6 Å². The molecule has 0 aromatic heterocycles. The maximum Gasteiger partial charge on any atom is 0.199 e. The first-order valence-electron chi connectivity index (χ1n) is 8.58. The smallest absolute Gasteiger partial charge is 0.199 e. The average molecular weight is 413 g/mol. The Labute approximate surface area is 173 Å². The molecule has 0 amide bonds. The van der Waals surface area contributed by atoms with Crippen LogP contribution in [0, 0.1) is 5.82 Å². The second-order valence-corrected chi connectivity index (χ2v) is 7.49. The van der Waals surface area contributed by atoms with Gasteiger partial charge in [-0.3, -0.25) is 4.79 Å². The largest absolute Gasteiger partial charge is 0.497 e. The molecule has 0 N–H and O–H groups in total. The van der Waals surface area contributed by atoms with Crippen LogP contribution in [0.15, 0.2) is 77.7 Å². The van der Waals surface area contributed by atoms with Crippen LogP contribution >= 0.6 is 23.4 Å². The number of ether oxygens (including phenoxy) is 1. The van der Waals surface area contributed by atoms with Gasteiger partial charge in [-0.1, -0.05) is 35.9 Å². The van der Waals surface area contributed by atoms with Gasteiger partial charge in [0.05, 0.1) is 12.0 Å². The first-order valence-corrected chi connectivity index (χ1v) is 9.95. The highest BCUT2D eigenvalue weighted by atomic mass is 35.5. The molecule has 0 radical (unpaired) electrons. The van der Waals surface area contributed by atoms with Crippen LogP contribution in [-0.4, -0.2) is 12.9 Å². The summed E-state index contributed by atoms with van der Waals surface area (Å²) in [6.45, 7) is 0. The van der Waals surface area contributed by atoms with Crippen molar-refractivity contribution < 1.29 is 13.9 Å². The number of carbonyl (C=O) groups is 1. The van der Waals surface area contributed by atoms with E-state index in [2.05, 4.69) is 0 Å². The second kappa shape index (κ2) is 9.58. The van der Waals surface area contributed by atoms with E-state index in [1.165, 1.54) is 23.9 Å². The Morgan fingerprint density at radius 2 is 1.64 bits per heavy atom. The normalized spacial score (nSPS) is 11.3. The molecular weight excluding hydrogens is 395 g/mol. The third kappa shape index (κ3) is 5.47. The Kier molecular flexibility index (Phi) is 6.90. The molecule has 0 heterocycles. The van der Waals surface area contributed by atoms with Gasteiger partial charge in [-0.15, -0.1) is 11.8 Å². The van der Waals surface area contributed by atoms with Gasteiger partial charge < -0.3 is 4.74 Å². The van der Waals surface area contributed by atoms with Crippen molar-refractivity contribution >= 4 is 35.2 Å². The average Bonchev–Trinajstić information content (AvgIpc) is 2.73. The maximum absolute atomic E-state index is 13.2. The third-order valence-electron chi connectivity index (χ3n) is 4.05. The predicted molar refractivity (Wildman–Crippen MR) is 114 cm³/mol. The molecular formula is C23H18ClFO2S. The highest BCUT2D eigenvalue weighted by molar-refractivity contribution is 8.03. The molecule has 28 heavy (non-hydrogen) atoms. The number of rotatable bonds is 7. The summed E-state index contributed by atoms with van der Waals surface area (Å²) < 4.78 is 18.4. The van der Waals surface area contributed by atoms with E-state index in [0.717, 1.165) is 16.9 Å². The minimum atomic E-state index is -0.311. The van der Waals surface area contributed by atoms with E-state index in [1.54, 1.807) is 49.6 Å². The molecule has 3 aromatic rings. The van der Waals surface area contributed by atoms with E-state index in [4.69, 9.17) is 16.3 Å². The second-order valence-electron chi connectivity index (χ2n) is 6.03. The molecule has 0 atom stereocenters. The number of benzene rings is 3. The Morgan fingerprint density at radius 1 is 1.00 bits per heavy atom. The summed E-state index contributed by atoms with van der Waals surface area (Å²) in [5.74, 6) is 0.997. The van der Waals surface area contributed by atoms with Gasteiger partial charge in [-0.25, -0.2) is 4.39 Å². The van der Waals surface area contributed by atoms with Crippen molar-refractivity contribution in [1.29, 1.82) is 0 Å². The number of allylic oxidation sites excluding steroid dienone is 1. The molecule has 3 rings (SSSR count). The fourth-order valence-electron chi connectivity index (χ4n) is 2.51. The van der Waals surface area contributed by atoms with Gasteiger partial charge in [0, 0.05) is 16.3 Å². The van der Waals surface area contributed by atoms with Crippen LogP contribution in [0.1, 0.15) is 21.5 Å². The zero-order valence-electron chi connectivity index (χ0n) is 15.2.